The fraction of sp³-hybridized carbons (Fsp3) is 0.304. The fourth-order valence-electron chi connectivity index (χ4n) is 3.47. The SMILES string of the molecule is Cc1ccccc1CSc1ccc(-c2ccc(N3CCCCC3)cc2)nn1. The summed E-state index contributed by atoms with van der Waals surface area (Å²) in [6.07, 6.45) is 3.96. The lowest BCUT2D eigenvalue weighted by atomic mass is 10.1. The Balaban J connectivity index is 1.40. The summed E-state index contributed by atoms with van der Waals surface area (Å²) < 4.78 is 0. The summed E-state index contributed by atoms with van der Waals surface area (Å²) >= 11 is 1.73. The summed E-state index contributed by atoms with van der Waals surface area (Å²) in [7, 11) is 0. The Morgan fingerprint density at radius 2 is 1.63 bits per heavy atom. The summed E-state index contributed by atoms with van der Waals surface area (Å²) in [5.74, 6) is 0.922. The predicted molar refractivity (Wildman–Crippen MR) is 114 cm³/mol. The van der Waals surface area contributed by atoms with Gasteiger partial charge >= 0.3 is 0 Å². The number of hydrogen-bond acceptors (Lipinski definition) is 4. The maximum Gasteiger partial charge on any atom is 0.119 e. The minimum absolute atomic E-state index is 0.922. The second-order valence-corrected chi connectivity index (χ2v) is 8.06. The topological polar surface area (TPSA) is 29.0 Å². The lowest BCUT2D eigenvalue weighted by Gasteiger charge is -2.28. The van der Waals surface area contributed by atoms with E-state index in [1.165, 1.54) is 49.2 Å². The van der Waals surface area contributed by atoms with Gasteiger partial charge in [-0.15, -0.1) is 10.2 Å². The Morgan fingerprint density at radius 3 is 2.33 bits per heavy atom. The van der Waals surface area contributed by atoms with Crippen molar-refractivity contribution in [1.29, 1.82) is 0 Å². The molecule has 0 atom stereocenters. The molecule has 0 aliphatic carbocycles. The van der Waals surface area contributed by atoms with E-state index in [1.54, 1.807) is 11.8 Å². The normalized spacial score (nSPS) is 14.3. The van der Waals surface area contributed by atoms with E-state index in [0.29, 0.717) is 0 Å². The highest BCUT2D eigenvalue weighted by molar-refractivity contribution is 7.98. The number of thioether (sulfide) groups is 1. The van der Waals surface area contributed by atoms with E-state index in [-0.39, 0.29) is 0 Å². The zero-order valence-electron chi connectivity index (χ0n) is 15.8. The van der Waals surface area contributed by atoms with Gasteiger partial charge in [0, 0.05) is 30.1 Å². The van der Waals surface area contributed by atoms with Crippen molar-refractivity contribution in [1.82, 2.24) is 10.2 Å². The third kappa shape index (κ3) is 4.51. The van der Waals surface area contributed by atoms with Crippen molar-refractivity contribution in [2.75, 3.05) is 18.0 Å². The average molecular weight is 376 g/mol. The Hall–Kier alpha value is -2.33. The van der Waals surface area contributed by atoms with Gasteiger partial charge < -0.3 is 4.90 Å². The average Bonchev–Trinajstić information content (AvgIpc) is 2.74. The molecule has 3 nitrogen and oxygen atoms in total. The first kappa shape index (κ1) is 18.1. The molecular formula is C23H25N3S. The highest BCUT2D eigenvalue weighted by Crippen LogP contribution is 2.26. The number of rotatable bonds is 5. The van der Waals surface area contributed by atoms with Crippen LogP contribution in [0.25, 0.3) is 11.3 Å². The summed E-state index contributed by atoms with van der Waals surface area (Å²) in [4.78, 5) is 2.48. The second kappa shape index (κ2) is 8.57. The molecule has 0 saturated carbocycles. The molecule has 0 radical (unpaired) electrons. The molecule has 0 spiro atoms. The molecular weight excluding hydrogens is 350 g/mol. The molecule has 3 aromatic rings. The third-order valence-corrected chi connectivity index (χ3v) is 6.13. The van der Waals surface area contributed by atoms with Crippen LogP contribution in [0.3, 0.4) is 0 Å². The van der Waals surface area contributed by atoms with Crippen molar-refractivity contribution in [2.45, 2.75) is 37.0 Å². The standard InChI is InChI=1S/C23H25N3S/c1-18-7-3-4-8-20(18)17-27-23-14-13-22(24-25-23)19-9-11-21(12-10-19)26-15-5-2-6-16-26/h3-4,7-14H,2,5-6,15-17H2,1H3. The van der Waals surface area contributed by atoms with Gasteiger partial charge in [0.2, 0.25) is 0 Å². The van der Waals surface area contributed by atoms with E-state index in [2.05, 4.69) is 82.7 Å². The molecule has 1 fully saturated rings. The smallest absolute Gasteiger partial charge is 0.119 e. The van der Waals surface area contributed by atoms with E-state index >= 15 is 0 Å². The highest BCUT2D eigenvalue weighted by atomic mass is 32.2. The lowest BCUT2D eigenvalue weighted by Crippen LogP contribution is -2.29. The van der Waals surface area contributed by atoms with E-state index < -0.39 is 0 Å². The number of aromatic nitrogens is 2. The van der Waals surface area contributed by atoms with Crippen LogP contribution in [0.4, 0.5) is 5.69 Å². The van der Waals surface area contributed by atoms with E-state index in [4.69, 9.17) is 0 Å². The predicted octanol–water partition coefficient (Wildman–Crippen LogP) is 5.73. The number of nitrogens with zero attached hydrogens (tertiary/aromatic N) is 3. The van der Waals surface area contributed by atoms with Crippen molar-refractivity contribution in [2.24, 2.45) is 0 Å². The molecule has 1 aliphatic rings. The summed E-state index contributed by atoms with van der Waals surface area (Å²) in [5, 5.41) is 9.82. The molecule has 138 valence electrons. The van der Waals surface area contributed by atoms with Crippen LogP contribution < -0.4 is 4.90 Å². The van der Waals surface area contributed by atoms with Crippen molar-refractivity contribution >= 4 is 17.4 Å². The van der Waals surface area contributed by atoms with Crippen LogP contribution in [0.2, 0.25) is 0 Å². The van der Waals surface area contributed by atoms with Gasteiger partial charge in [0.05, 0.1) is 5.69 Å². The molecule has 1 aliphatic heterocycles. The van der Waals surface area contributed by atoms with Crippen LogP contribution in [0.15, 0.2) is 65.7 Å². The van der Waals surface area contributed by atoms with Gasteiger partial charge in [-0.25, -0.2) is 0 Å². The van der Waals surface area contributed by atoms with Crippen molar-refractivity contribution in [3.8, 4) is 11.3 Å². The quantitative estimate of drug-likeness (QED) is 0.532. The Kier molecular flexibility index (Phi) is 5.73. The van der Waals surface area contributed by atoms with Gasteiger partial charge in [0.1, 0.15) is 5.03 Å². The third-order valence-electron chi connectivity index (χ3n) is 5.16. The van der Waals surface area contributed by atoms with Crippen molar-refractivity contribution < 1.29 is 0 Å². The second-order valence-electron chi connectivity index (χ2n) is 7.07. The molecule has 4 rings (SSSR count). The van der Waals surface area contributed by atoms with Crippen LogP contribution in [0, 0.1) is 6.92 Å². The number of anilines is 1. The first-order valence-electron chi connectivity index (χ1n) is 9.66. The van der Waals surface area contributed by atoms with Gasteiger partial charge in [-0.1, -0.05) is 48.2 Å². The molecule has 0 unspecified atom stereocenters. The van der Waals surface area contributed by atoms with Gasteiger partial charge in [-0.3, -0.25) is 0 Å². The molecule has 0 amide bonds. The maximum atomic E-state index is 4.44. The van der Waals surface area contributed by atoms with Crippen molar-refractivity contribution in [3.05, 3.63) is 71.8 Å². The molecule has 4 heteroatoms. The summed E-state index contributed by atoms with van der Waals surface area (Å²) in [6, 6.07) is 21.4. The molecule has 2 heterocycles. The van der Waals surface area contributed by atoms with Gasteiger partial charge in [-0.2, -0.15) is 0 Å². The Morgan fingerprint density at radius 1 is 0.852 bits per heavy atom. The molecule has 1 saturated heterocycles. The number of aryl methyl sites for hydroxylation is 1. The van der Waals surface area contributed by atoms with Crippen LogP contribution in [-0.2, 0) is 5.75 Å². The van der Waals surface area contributed by atoms with Crippen LogP contribution in [0.5, 0.6) is 0 Å². The van der Waals surface area contributed by atoms with Crippen LogP contribution in [-0.4, -0.2) is 23.3 Å². The zero-order valence-corrected chi connectivity index (χ0v) is 16.6. The van der Waals surface area contributed by atoms with Crippen LogP contribution >= 0.6 is 11.8 Å². The first-order chi connectivity index (χ1) is 13.3. The molecule has 2 aromatic carbocycles. The van der Waals surface area contributed by atoms with Crippen molar-refractivity contribution in [3.63, 3.8) is 0 Å². The first-order valence-corrected chi connectivity index (χ1v) is 10.6. The molecule has 0 N–H and O–H groups in total. The van der Waals surface area contributed by atoms with Gasteiger partial charge in [0.15, 0.2) is 0 Å². The van der Waals surface area contributed by atoms with E-state index in [9.17, 15) is 0 Å². The molecule has 0 bridgehead atoms. The zero-order chi connectivity index (χ0) is 18.5. The van der Waals surface area contributed by atoms with Gasteiger partial charge in [-0.05, 0) is 61.6 Å². The minimum atomic E-state index is 0.922. The summed E-state index contributed by atoms with van der Waals surface area (Å²) in [6.45, 7) is 4.50. The maximum absolute atomic E-state index is 4.44. The molecule has 27 heavy (non-hydrogen) atoms. The lowest BCUT2D eigenvalue weighted by molar-refractivity contribution is 0.578. The fourth-order valence-corrected chi connectivity index (χ4v) is 4.36. The Labute approximate surface area is 165 Å². The number of benzene rings is 2. The van der Waals surface area contributed by atoms with Gasteiger partial charge in [0.25, 0.3) is 0 Å². The van der Waals surface area contributed by atoms with E-state index in [1.807, 2.05) is 0 Å². The Bertz CT molecular complexity index is 869. The largest absolute Gasteiger partial charge is 0.372 e. The minimum Gasteiger partial charge on any atom is -0.372 e. The number of hydrogen-bond donors (Lipinski definition) is 0. The summed E-state index contributed by atoms with van der Waals surface area (Å²) in [5.41, 5.74) is 6.04. The van der Waals surface area contributed by atoms with Crippen LogP contribution in [0.1, 0.15) is 30.4 Å². The molecule has 1 aromatic heterocycles. The number of piperidine rings is 1. The monoisotopic (exact) mass is 375 g/mol. The van der Waals surface area contributed by atoms with E-state index in [0.717, 1.165) is 22.0 Å². The highest BCUT2D eigenvalue weighted by Gasteiger charge is 2.11.